The molecule has 18 heavy (non-hydrogen) atoms. The Labute approximate surface area is 116 Å². The fourth-order valence-corrected chi connectivity index (χ4v) is 3.13. The van der Waals surface area contributed by atoms with Crippen LogP contribution in [0.4, 0.5) is 0 Å². The zero-order chi connectivity index (χ0) is 13.2. The highest BCUT2D eigenvalue weighted by molar-refractivity contribution is 6.31. The third kappa shape index (κ3) is 3.09. The molecule has 1 aromatic rings. The van der Waals surface area contributed by atoms with Crippen molar-refractivity contribution in [3.63, 3.8) is 0 Å². The summed E-state index contributed by atoms with van der Waals surface area (Å²) in [5, 5.41) is 0.889. The minimum absolute atomic E-state index is 0.511. The second-order valence-electron chi connectivity index (χ2n) is 6.05. The topological polar surface area (TPSA) is 0 Å². The van der Waals surface area contributed by atoms with Crippen molar-refractivity contribution in [1.29, 1.82) is 0 Å². The molecule has 96 valence electrons. The molecule has 2 rings (SSSR count). The van der Waals surface area contributed by atoms with Gasteiger partial charge < -0.3 is 0 Å². The highest BCUT2D eigenvalue weighted by atomic mass is 35.5. The average Bonchev–Trinajstić information content (AvgIpc) is 2.31. The number of hydrogen-bond donors (Lipinski definition) is 0. The van der Waals surface area contributed by atoms with Crippen LogP contribution in [0.15, 0.2) is 18.2 Å². The third-order valence-electron chi connectivity index (χ3n) is 4.05. The summed E-state index contributed by atoms with van der Waals surface area (Å²) in [5.74, 6) is 6.60. The van der Waals surface area contributed by atoms with Crippen LogP contribution in [0.3, 0.4) is 0 Å². The highest BCUT2D eigenvalue weighted by Crippen LogP contribution is 2.43. The van der Waals surface area contributed by atoms with Gasteiger partial charge in [0.25, 0.3) is 0 Å². The van der Waals surface area contributed by atoms with E-state index in [1.807, 2.05) is 13.0 Å². The van der Waals surface area contributed by atoms with E-state index in [4.69, 9.17) is 11.6 Å². The summed E-state index contributed by atoms with van der Waals surface area (Å²) in [7, 11) is 0. The van der Waals surface area contributed by atoms with E-state index in [2.05, 4.69) is 37.8 Å². The van der Waals surface area contributed by atoms with Crippen LogP contribution < -0.4 is 0 Å². The SMILES string of the molecule is CC#Cc1ccc(C2CCC(C)(C)CC2)c(Cl)c1. The molecule has 1 aliphatic carbocycles. The van der Waals surface area contributed by atoms with Gasteiger partial charge in [0, 0.05) is 10.6 Å². The first-order chi connectivity index (χ1) is 8.52. The summed E-state index contributed by atoms with van der Waals surface area (Å²) in [6.07, 6.45) is 5.10. The minimum Gasteiger partial charge on any atom is -0.101 e. The van der Waals surface area contributed by atoms with Gasteiger partial charge in [0.2, 0.25) is 0 Å². The van der Waals surface area contributed by atoms with Crippen molar-refractivity contribution in [1.82, 2.24) is 0 Å². The predicted molar refractivity (Wildman–Crippen MR) is 79.0 cm³/mol. The van der Waals surface area contributed by atoms with Gasteiger partial charge in [-0.15, -0.1) is 5.92 Å². The smallest absolute Gasteiger partial charge is 0.0453 e. The lowest BCUT2D eigenvalue weighted by atomic mass is 9.71. The first-order valence-corrected chi connectivity index (χ1v) is 7.12. The molecule has 0 nitrogen and oxygen atoms in total. The maximum absolute atomic E-state index is 6.40. The Morgan fingerprint density at radius 2 is 1.89 bits per heavy atom. The Hall–Kier alpha value is -0.930. The molecule has 0 atom stereocenters. The van der Waals surface area contributed by atoms with Gasteiger partial charge in [0.1, 0.15) is 0 Å². The standard InChI is InChI=1S/C17H21Cl/c1-4-5-13-6-7-15(16(18)12-13)14-8-10-17(2,3)11-9-14/h6-7,12,14H,8-11H2,1-3H3. The molecule has 0 heterocycles. The molecular formula is C17H21Cl. The first-order valence-electron chi connectivity index (χ1n) is 6.74. The van der Waals surface area contributed by atoms with E-state index >= 15 is 0 Å². The first kappa shape index (κ1) is 13.5. The second kappa shape index (κ2) is 5.37. The zero-order valence-corrected chi connectivity index (χ0v) is 12.3. The Morgan fingerprint density at radius 1 is 1.22 bits per heavy atom. The van der Waals surface area contributed by atoms with Crippen LogP contribution in [0.1, 0.15) is 63.5 Å². The van der Waals surface area contributed by atoms with E-state index < -0.39 is 0 Å². The molecule has 0 aromatic heterocycles. The molecule has 0 bridgehead atoms. The van der Waals surface area contributed by atoms with Crippen LogP contribution >= 0.6 is 11.6 Å². The highest BCUT2D eigenvalue weighted by Gasteiger charge is 2.28. The summed E-state index contributed by atoms with van der Waals surface area (Å²) in [5.41, 5.74) is 2.84. The van der Waals surface area contributed by atoms with E-state index in [-0.39, 0.29) is 0 Å². The number of halogens is 1. The number of rotatable bonds is 1. The molecule has 0 radical (unpaired) electrons. The second-order valence-corrected chi connectivity index (χ2v) is 6.46. The minimum atomic E-state index is 0.511. The lowest BCUT2D eigenvalue weighted by molar-refractivity contribution is 0.224. The van der Waals surface area contributed by atoms with Gasteiger partial charge in [0.15, 0.2) is 0 Å². The van der Waals surface area contributed by atoms with E-state index in [9.17, 15) is 0 Å². The van der Waals surface area contributed by atoms with Crippen molar-refractivity contribution in [3.8, 4) is 11.8 Å². The van der Waals surface area contributed by atoms with Crippen molar-refractivity contribution in [3.05, 3.63) is 34.3 Å². The summed E-state index contributed by atoms with van der Waals surface area (Å²) < 4.78 is 0. The van der Waals surface area contributed by atoms with E-state index in [1.54, 1.807) is 0 Å². The Kier molecular flexibility index (Phi) is 4.03. The Balaban J connectivity index is 2.16. The van der Waals surface area contributed by atoms with Crippen molar-refractivity contribution < 1.29 is 0 Å². The van der Waals surface area contributed by atoms with Gasteiger partial charge in [-0.25, -0.2) is 0 Å². The van der Waals surface area contributed by atoms with Crippen LogP contribution in [0, 0.1) is 17.3 Å². The van der Waals surface area contributed by atoms with Crippen molar-refractivity contribution >= 4 is 11.6 Å². The summed E-state index contributed by atoms with van der Waals surface area (Å²) in [6.45, 7) is 6.58. The number of hydrogen-bond acceptors (Lipinski definition) is 0. The average molecular weight is 261 g/mol. The molecular weight excluding hydrogens is 240 g/mol. The summed E-state index contributed by atoms with van der Waals surface area (Å²) in [4.78, 5) is 0. The molecule has 1 aromatic carbocycles. The van der Waals surface area contributed by atoms with Crippen LogP contribution in [0.5, 0.6) is 0 Å². The molecule has 0 spiro atoms. The van der Waals surface area contributed by atoms with Crippen LogP contribution in [-0.4, -0.2) is 0 Å². The van der Waals surface area contributed by atoms with Crippen molar-refractivity contribution in [2.75, 3.05) is 0 Å². The maximum atomic E-state index is 6.40. The summed E-state index contributed by atoms with van der Waals surface area (Å²) in [6, 6.07) is 6.27. The monoisotopic (exact) mass is 260 g/mol. The van der Waals surface area contributed by atoms with E-state index in [1.165, 1.54) is 31.2 Å². The van der Waals surface area contributed by atoms with Crippen LogP contribution in [0.25, 0.3) is 0 Å². The number of benzene rings is 1. The Morgan fingerprint density at radius 3 is 2.44 bits per heavy atom. The van der Waals surface area contributed by atoms with Gasteiger partial charge in [-0.3, -0.25) is 0 Å². The maximum Gasteiger partial charge on any atom is 0.0453 e. The Bertz CT molecular complexity index is 478. The normalized spacial score (nSPS) is 19.1. The molecule has 0 N–H and O–H groups in total. The van der Waals surface area contributed by atoms with E-state index in [0.29, 0.717) is 11.3 Å². The quantitative estimate of drug-likeness (QED) is 0.594. The van der Waals surface area contributed by atoms with E-state index in [0.717, 1.165) is 10.6 Å². The molecule has 1 saturated carbocycles. The van der Waals surface area contributed by atoms with Gasteiger partial charge in [-0.2, -0.15) is 0 Å². The predicted octanol–water partition coefficient (Wildman–Crippen LogP) is 5.40. The largest absolute Gasteiger partial charge is 0.101 e. The third-order valence-corrected chi connectivity index (χ3v) is 4.38. The van der Waals surface area contributed by atoms with Crippen LogP contribution in [-0.2, 0) is 0 Å². The van der Waals surface area contributed by atoms with Gasteiger partial charge in [-0.1, -0.05) is 37.4 Å². The fraction of sp³-hybridized carbons (Fsp3) is 0.529. The summed E-state index contributed by atoms with van der Waals surface area (Å²) >= 11 is 6.40. The lowest BCUT2D eigenvalue weighted by Crippen LogP contribution is -2.20. The molecule has 1 heteroatoms. The molecule has 1 aliphatic rings. The van der Waals surface area contributed by atoms with Crippen molar-refractivity contribution in [2.24, 2.45) is 5.41 Å². The lowest BCUT2D eigenvalue weighted by Gasteiger charge is -2.34. The molecule has 0 unspecified atom stereocenters. The molecule has 0 aliphatic heterocycles. The zero-order valence-electron chi connectivity index (χ0n) is 11.5. The molecule has 0 amide bonds. The fourth-order valence-electron chi connectivity index (χ4n) is 2.79. The van der Waals surface area contributed by atoms with Gasteiger partial charge >= 0.3 is 0 Å². The molecule has 1 fully saturated rings. The van der Waals surface area contributed by atoms with Crippen LogP contribution in [0.2, 0.25) is 5.02 Å². The van der Waals surface area contributed by atoms with Gasteiger partial charge in [0.05, 0.1) is 0 Å². The molecule has 0 saturated heterocycles. The van der Waals surface area contributed by atoms with Gasteiger partial charge in [-0.05, 0) is 61.6 Å². The van der Waals surface area contributed by atoms with Crippen molar-refractivity contribution in [2.45, 2.75) is 52.4 Å².